The average Bonchev–Trinajstić information content (AvgIpc) is 2.96. The molecular formula is C13H16N2O4S. The van der Waals surface area contributed by atoms with Crippen molar-refractivity contribution in [3.8, 4) is 0 Å². The van der Waals surface area contributed by atoms with E-state index in [0.29, 0.717) is 29.3 Å². The van der Waals surface area contributed by atoms with Crippen molar-refractivity contribution < 1.29 is 19.1 Å². The van der Waals surface area contributed by atoms with Gasteiger partial charge in [0.2, 0.25) is 11.8 Å². The molecule has 7 heteroatoms. The minimum atomic E-state index is -0.490. The van der Waals surface area contributed by atoms with Gasteiger partial charge in [0.1, 0.15) is 10.9 Å². The minimum absolute atomic E-state index is 0.111. The van der Waals surface area contributed by atoms with Crippen molar-refractivity contribution in [1.82, 2.24) is 5.32 Å². The van der Waals surface area contributed by atoms with Crippen molar-refractivity contribution in [2.45, 2.75) is 32.7 Å². The smallest absolute Gasteiger partial charge is 0.348 e. The zero-order chi connectivity index (χ0) is 14.7. The van der Waals surface area contributed by atoms with Crippen LogP contribution in [0.15, 0.2) is 6.07 Å². The number of rotatable bonds is 4. The van der Waals surface area contributed by atoms with Gasteiger partial charge in [-0.1, -0.05) is 0 Å². The molecular weight excluding hydrogens is 280 g/mol. The molecule has 1 aliphatic rings. The fourth-order valence-electron chi connectivity index (χ4n) is 1.96. The molecule has 2 amide bonds. The van der Waals surface area contributed by atoms with Crippen LogP contribution in [0.4, 0.5) is 5.00 Å². The molecule has 1 fully saturated rings. The van der Waals surface area contributed by atoms with E-state index in [1.807, 2.05) is 0 Å². The second-order valence-corrected chi connectivity index (χ2v) is 5.54. The molecule has 1 aromatic rings. The Kier molecular flexibility index (Phi) is 4.39. The van der Waals surface area contributed by atoms with Crippen LogP contribution in [-0.4, -0.2) is 30.4 Å². The highest BCUT2D eigenvalue weighted by Crippen LogP contribution is 2.27. The Bertz CT molecular complexity index is 553. The monoisotopic (exact) mass is 296 g/mol. The molecule has 0 saturated carbocycles. The van der Waals surface area contributed by atoms with Gasteiger partial charge in [-0.05, 0) is 31.9 Å². The van der Waals surface area contributed by atoms with E-state index in [0.717, 1.165) is 5.56 Å². The number of esters is 1. The second-order valence-electron chi connectivity index (χ2n) is 4.49. The van der Waals surface area contributed by atoms with Crippen LogP contribution in [0.1, 0.15) is 35.0 Å². The highest BCUT2D eigenvalue weighted by molar-refractivity contribution is 7.18. The van der Waals surface area contributed by atoms with Crippen LogP contribution in [0.5, 0.6) is 0 Å². The van der Waals surface area contributed by atoms with Crippen LogP contribution in [-0.2, 0) is 14.3 Å². The number of thiophene rings is 1. The number of aryl methyl sites for hydroxylation is 1. The third kappa shape index (κ3) is 3.16. The number of nitrogens with one attached hydrogen (secondary N) is 2. The molecule has 0 radical (unpaired) electrons. The summed E-state index contributed by atoms with van der Waals surface area (Å²) in [6.07, 6.45) is 0.870. The van der Waals surface area contributed by atoms with Crippen LogP contribution in [0.25, 0.3) is 0 Å². The Hall–Kier alpha value is -1.89. The Morgan fingerprint density at radius 2 is 2.30 bits per heavy atom. The van der Waals surface area contributed by atoms with Gasteiger partial charge in [0.25, 0.3) is 0 Å². The summed E-state index contributed by atoms with van der Waals surface area (Å²) < 4.78 is 4.94. The lowest BCUT2D eigenvalue weighted by Crippen LogP contribution is -2.37. The Morgan fingerprint density at radius 1 is 1.55 bits per heavy atom. The molecule has 2 heterocycles. The third-order valence-corrected chi connectivity index (χ3v) is 4.07. The van der Waals surface area contributed by atoms with Gasteiger partial charge in [-0.2, -0.15) is 0 Å². The number of hydrogen-bond acceptors (Lipinski definition) is 5. The first-order valence-corrected chi connectivity index (χ1v) is 7.20. The lowest BCUT2D eigenvalue weighted by Gasteiger charge is -2.08. The van der Waals surface area contributed by atoms with Gasteiger partial charge in [-0.25, -0.2) is 4.79 Å². The number of amides is 2. The summed E-state index contributed by atoms with van der Waals surface area (Å²) in [5.74, 6) is -0.753. The number of hydrogen-bond donors (Lipinski definition) is 2. The molecule has 108 valence electrons. The molecule has 1 unspecified atom stereocenters. The number of anilines is 1. The fourth-order valence-corrected chi connectivity index (χ4v) is 2.93. The zero-order valence-electron chi connectivity index (χ0n) is 11.3. The SMILES string of the molecule is CCOC(=O)c1sc(NC(=O)C2CCC(=O)N2)cc1C. The van der Waals surface area contributed by atoms with Gasteiger partial charge in [-0.3, -0.25) is 9.59 Å². The molecule has 1 aromatic heterocycles. The predicted octanol–water partition coefficient (Wildman–Crippen LogP) is 1.45. The molecule has 0 bridgehead atoms. The quantitative estimate of drug-likeness (QED) is 0.824. The van der Waals surface area contributed by atoms with Crippen molar-refractivity contribution in [3.05, 3.63) is 16.5 Å². The van der Waals surface area contributed by atoms with Gasteiger partial charge in [-0.15, -0.1) is 11.3 Å². The van der Waals surface area contributed by atoms with Crippen LogP contribution in [0, 0.1) is 6.92 Å². The topological polar surface area (TPSA) is 84.5 Å². The maximum atomic E-state index is 11.9. The lowest BCUT2D eigenvalue weighted by molar-refractivity contribution is -0.122. The van der Waals surface area contributed by atoms with E-state index in [9.17, 15) is 14.4 Å². The van der Waals surface area contributed by atoms with E-state index in [2.05, 4.69) is 10.6 Å². The number of ether oxygens (including phenoxy) is 1. The maximum Gasteiger partial charge on any atom is 0.348 e. The summed E-state index contributed by atoms with van der Waals surface area (Å²) in [5, 5.41) is 5.90. The number of carbonyl (C=O) groups is 3. The molecule has 1 saturated heterocycles. The first kappa shape index (κ1) is 14.5. The van der Waals surface area contributed by atoms with Crippen molar-refractivity contribution >= 4 is 34.1 Å². The molecule has 0 aromatic carbocycles. The van der Waals surface area contributed by atoms with Crippen molar-refractivity contribution in [3.63, 3.8) is 0 Å². The van der Waals surface area contributed by atoms with Gasteiger partial charge >= 0.3 is 5.97 Å². The van der Waals surface area contributed by atoms with E-state index in [1.54, 1.807) is 19.9 Å². The van der Waals surface area contributed by atoms with Crippen molar-refractivity contribution in [1.29, 1.82) is 0 Å². The average molecular weight is 296 g/mol. The largest absolute Gasteiger partial charge is 0.462 e. The van der Waals surface area contributed by atoms with Crippen molar-refractivity contribution in [2.75, 3.05) is 11.9 Å². The highest BCUT2D eigenvalue weighted by atomic mass is 32.1. The molecule has 20 heavy (non-hydrogen) atoms. The molecule has 0 spiro atoms. The van der Waals surface area contributed by atoms with Gasteiger partial charge in [0, 0.05) is 6.42 Å². The van der Waals surface area contributed by atoms with E-state index in [4.69, 9.17) is 4.74 Å². The Balaban J connectivity index is 2.03. The van der Waals surface area contributed by atoms with Gasteiger partial charge in [0.15, 0.2) is 0 Å². The summed E-state index contributed by atoms with van der Waals surface area (Å²) in [6, 6.07) is 1.24. The van der Waals surface area contributed by atoms with E-state index in [-0.39, 0.29) is 17.8 Å². The number of carbonyl (C=O) groups excluding carboxylic acids is 3. The summed E-state index contributed by atoms with van der Waals surface area (Å²) in [6.45, 7) is 3.84. The molecule has 0 aliphatic carbocycles. The van der Waals surface area contributed by atoms with Crippen LogP contribution in [0.3, 0.4) is 0 Å². The highest BCUT2D eigenvalue weighted by Gasteiger charge is 2.27. The molecule has 2 rings (SSSR count). The Morgan fingerprint density at radius 3 is 2.90 bits per heavy atom. The molecule has 1 atom stereocenters. The standard InChI is InChI=1S/C13H16N2O4S/c1-3-19-13(18)11-7(2)6-10(20-11)15-12(17)8-4-5-9(16)14-8/h6,8H,3-5H2,1-2H3,(H,14,16)(H,15,17). The summed E-state index contributed by atoms with van der Waals surface area (Å²) in [4.78, 5) is 35.2. The second kappa shape index (κ2) is 6.04. The first-order valence-electron chi connectivity index (χ1n) is 6.39. The van der Waals surface area contributed by atoms with Crippen molar-refractivity contribution in [2.24, 2.45) is 0 Å². The minimum Gasteiger partial charge on any atom is -0.462 e. The zero-order valence-corrected chi connectivity index (χ0v) is 12.1. The molecule has 1 aliphatic heterocycles. The molecule has 2 N–H and O–H groups in total. The maximum absolute atomic E-state index is 11.9. The van der Waals surface area contributed by atoms with Gasteiger partial charge in [0.05, 0.1) is 11.6 Å². The summed E-state index contributed by atoms with van der Waals surface area (Å²) >= 11 is 1.18. The fraction of sp³-hybridized carbons (Fsp3) is 0.462. The van der Waals surface area contributed by atoms with Crippen LogP contribution < -0.4 is 10.6 Å². The predicted molar refractivity (Wildman–Crippen MR) is 74.8 cm³/mol. The van der Waals surface area contributed by atoms with Crippen LogP contribution in [0.2, 0.25) is 0 Å². The first-order chi connectivity index (χ1) is 9.51. The van der Waals surface area contributed by atoms with E-state index < -0.39 is 6.04 Å². The van der Waals surface area contributed by atoms with Crippen LogP contribution >= 0.6 is 11.3 Å². The van der Waals surface area contributed by atoms with E-state index >= 15 is 0 Å². The summed E-state index contributed by atoms with van der Waals surface area (Å²) in [7, 11) is 0. The molecule has 6 nitrogen and oxygen atoms in total. The normalized spacial score (nSPS) is 17.7. The van der Waals surface area contributed by atoms with E-state index in [1.165, 1.54) is 11.3 Å². The Labute approximate surface area is 120 Å². The van der Waals surface area contributed by atoms with Gasteiger partial charge < -0.3 is 15.4 Å². The third-order valence-electron chi connectivity index (χ3n) is 2.94. The summed E-state index contributed by atoms with van der Waals surface area (Å²) in [5.41, 5.74) is 0.763. The lowest BCUT2D eigenvalue weighted by atomic mass is 10.2.